The summed E-state index contributed by atoms with van der Waals surface area (Å²) < 4.78 is 0. The van der Waals surface area contributed by atoms with Crippen molar-refractivity contribution in [1.82, 2.24) is 20.2 Å². The molecule has 0 radical (unpaired) electrons. The van der Waals surface area contributed by atoms with E-state index >= 15 is 0 Å². The summed E-state index contributed by atoms with van der Waals surface area (Å²) >= 11 is 0. The molecular weight excluding hydrogens is 460 g/mol. The molecule has 1 amide bonds. The number of fused-ring (bicyclic) bond motifs is 1. The van der Waals surface area contributed by atoms with Crippen LogP contribution in [-0.2, 0) is 18.3 Å². The number of nitrogens with zero attached hydrogens (tertiary/aromatic N) is 3. The maximum atomic E-state index is 12.9. The second kappa shape index (κ2) is 11.1. The van der Waals surface area contributed by atoms with Crippen LogP contribution in [0.25, 0.3) is 0 Å². The zero-order valence-corrected chi connectivity index (χ0v) is 22.6. The Morgan fingerprint density at radius 3 is 2.59 bits per heavy atom. The van der Waals surface area contributed by atoms with Gasteiger partial charge in [-0.15, -0.1) is 6.58 Å². The SMILES string of the molecule is C=CCNC(=O)c1cnc(Nc2ccc3c(c2)CCC(N(C)C)C3)cc1Nc1ccnc(C(C)(C)C)c1. The monoisotopic (exact) mass is 498 g/mol. The summed E-state index contributed by atoms with van der Waals surface area (Å²) in [5.41, 5.74) is 6.64. The van der Waals surface area contributed by atoms with Gasteiger partial charge in [-0.25, -0.2) is 4.98 Å². The Balaban J connectivity index is 1.61. The molecule has 0 fully saturated rings. The molecule has 4 rings (SSSR count). The lowest BCUT2D eigenvalue weighted by molar-refractivity contribution is 0.0958. The molecular formula is C30H38N6O. The van der Waals surface area contributed by atoms with Crippen LogP contribution in [0.2, 0.25) is 0 Å². The number of hydrogen-bond acceptors (Lipinski definition) is 6. The Bertz CT molecular complexity index is 1280. The van der Waals surface area contributed by atoms with Crippen LogP contribution in [0, 0.1) is 0 Å². The fourth-order valence-corrected chi connectivity index (χ4v) is 4.54. The van der Waals surface area contributed by atoms with Crippen LogP contribution in [0.1, 0.15) is 54.4 Å². The van der Waals surface area contributed by atoms with Gasteiger partial charge in [0.15, 0.2) is 0 Å². The van der Waals surface area contributed by atoms with Crippen molar-refractivity contribution in [3.05, 3.63) is 83.8 Å². The Kier molecular flexibility index (Phi) is 7.93. The van der Waals surface area contributed by atoms with Gasteiger partial charge in [-0.05, 0) is 68.8 Å². The van der Waals surface area contributed by atoms with E-state index in [2.05, 4.69) is 90.5 Å². The highest BCUT2D eigenvalue weighted by molar-refractivity contribution is 6.00. The third-order valence-electron chi connectivity index (χ3n) is 6.77. The van der Waals surface area contributed by atoms with E-state index in [-0.39, 0.29) is 11.3 Å². The molecule has 3 N–H and O–H groups in total. The molecule has 1 aromatic carbocycles. The smallest absolute Gasteiger partial charge is 0.255 e. The zero-order valence-electron chi connectivity index (χ0n) is 22.6. The molecule has 0 saturated carbocycles. The Hall–Kier alpha value is -3.71. The molecule has 0 spiro atoms. The van der Waals surface area contributed by atoms with Crippen LogP contribution < -0.4 is 16.0 Å². The quantitative estimate of drug-likeness (QED) is 0.351. The first kappa shape index (κ1) is 26.4. The molecule has 0 saturated heterocycles. The van der Waals surface area contributed by atoms with Crippen LogP contribution in [0.15, 0.2) is 61.4 Å². The number of carbonyl (C=O) groups excluding carboxylic acids is 1. The van der Waals surface area contributed by atoms with Crippen molar-refractivity contribution in [2.75, 3.05) is 31.3 Å². The Morgan fingerprint density at radius 2 is 1.86 bits per heavy atom. The molecule has 37 heavy (non-hydrogen) atoms. The first-order chi connectivity index (χ1) is 17.6. The minimum Gasteiger partial charge on any atom is -0.355 e. The molecule has 2 heterocycles. The van der Waals surface area contributed by atoms with Crippen molar-refractivity contribution < 1.29 is 4.79 Å². The molecule has 1 aliphatic carbocycles. The lowest BCUT2D eigenvalue weighted by atomic mass is 9.87. The number of pyridine rings is 2. The fourth-order valence-electron chi connectivity index (χ4n) is 4.54. The molecule has 7 nitrogen and oxygen atoms in total. The largest absolute Gasteiger partial charge is 0.355 e. The molecule has 0 bridgehead atoms. The normalized spacial score (nSPS) is 15.1. The zero-order chi connectivity index (χ0) is 26.6. The fraction of sp³-hybridized carbons (Fsp3) is 0.367. The number of aryl methyl sites for hydroxylation is 1. The van der Waals surface area contributed by atoms with Gasteiger partial charge >= 0.3 is 0 Å². The van der Waals surface area contributed by atoms with E-state index in [9.17, 15) is 4.79 Å². The molecule has 2 aromatic heterocycles. The Labute approximate surface area is 220 Å². The predicted octanol–water partition coefficient (Wildman–Crippen LogP) is 5.60. The number of benzene rings is 1. The van der Waals surface area contributed by atoms with Crippen LogP contribution in [-0.4, -0.2) is 47.5 Å². The van der Waals surface area contributed by atoms with E-state index in [1.54, 1.807) is 18.5 Å². The van der Waals surface area contributed by atoms with Gasteiger partial charge in [0.2, 0.25) is 0 Å². The maximum absolute atomic E-state index is 12.9. The van der Waals surface area contributed by atoms with Crippen LogP contribution in [0.5, 0.6) is 0 Å². The average Bonchev–Trinajstić information content (AvgIpc) is 2.86. The lowest BCUT2D eigenvalue weighted by Gasteiger charge is -2.30. The number of aromatic nitrogens is 2. The van der Waals surface area contributed by atoms with Crippen molar-refractivity contribution in [2.45, 2.75) is 51.5 Å². The third-order valence-corrected chi connectivity index (χ3v) is 6.77. The molecule has 7 heteroatoms. The van der Waals surface area contributed by atoms with Gasteiger partial charge in [-0.2, -0.15) is 0 Å². The molecule has 1 unspecified atom stereocenters. The first-order valence-electron chi connectivity index (χ1n) is 12.8. The number of rotatable bonds is 8. The van der Waals surface area contributed by atoms with Crippen molar-refractivity contribution in [3.8, 4) is 0 Å². The predicted molar refractivity (Wildman–Crippen MR) is 152 cm³/mol. The van der Waals surface area contributed by atoms with Crippen molar-refractivity contribution >= 4 is 28.8 Å². The summed E-state index contributed by atoms with van der Waals surface area (Å²) in [5.74, 6) is 0.450. The minimum atomic E-state index is -0.212. The standard InChI is InChI=1S/C30H38N6O/c1-7-13-32-29(37)25-19-33-28(18-26(25)34-23-12-14-31-27(17-23)30(2,3)4)35-22-10-8-21-16-24(36(5)6)11-9-20(21)15-22/h7-8,10,12,14-15,17-19,24H,1,9,11,13,16H2,2-6H3,(H,32,37)(H2,31,33,34,35). The average molecular weight is 499 g/mol. The number of carbonyl (C=O) groups is 1. The summed E-state index contributed by atoms with van der Waals surface area (Å²) in [7, 11) is 4.31. The summed E-state index contributed by atoms with van der Waals surface area (Å²) in [5, 5.41) is 9.71. The summed E-state index contributed by atoms with van der Waals surface area (Å²) in [6.07, 6.45) is 8.35. The summed E-state index contributed by atoms with van der Waals surface area (Å²) in [4.78, 5) is 24.3. The van der Waals surface area contributed by atoms with Gasteiger partial charge in [-0.1, -0.05) is 32.9 Å². The highest BCUT2D eigenvalue weighted by Crippen LogP contribution is 2.30. The molecule has 194 valence electrons. The highest BCUT2D eigenvalue weighted by Gasteiger charge is 2.21. The number of amides is 1. The van der Waals surface area contributed by atoms with Gasteiger partial charge in [0, 0.05) is 53.5 Å². The molecule has 1 atom stereocenters. The van der Waals surface area contributed by atoms with E-state index in [1.807, 2.05) is 18.2 Å². The molecule has 0 aliphatic heterocycles. The maximum Gasteiger partial charge on any atom is 0.255 e. The number of hydrogen-bond donors (Lipinski definition) is 3. The topological polar surface area (TPSA) is 82.2 Å². The van der Waals surface area contributed by atoms with E-state index < -0.39 is 0 Å². The van der Waals surface area contributed by atoms with E-state index in [0.29, 0.717) is 29.7 Å². The van der Waals surface area contributed by atoms with E-state index in [0.717, 1.165) is 36.3 Å². The van der Waals surface area contributed by atoms with Gasteiger partial charge in [0.05, 0.1) is 11.3 Å². The van der Waals surface area contributed by atoms with Crippen molar-refractivity contribution in [1.29, 1.82) is 0 Å². The van der Waals surface area contributed by atoms with E-state index in [1.165, 1.54) is 11.1 Å². The number of likely N-dealkylation sites (N-methyl/N-ethyl adjacent to an activating group) is 1. The summed E-state index contributed by atoms with van der Waals surface area (Å²) in [6, 6.07) is 12.9. The second-order valence-electron chi connectivity index (χ2n) is 10.9. The third kappa shape index (κ3) is 6.54. The van der Waals surface area contributed by atoms with Crippen LogP contribution >= 0.6 is 0 Å². The van der Waals surface area contributed by atoms with Gasteiger partial charge in [0.25, 0.3) is 5.91 Å². The minimum absolute atomic E-state index is 0.0914. The summed E-state index contributed by atoms with van der Waals surface area (Å²) in [6.45, 7) is 10.4. The lowest BCUT2D eigenvalue weighted by Crippen LogP contribution is -2.33. The van der Waals surface area contributed by atoms with E-state index in [4.69, 9.17) is 0 Å². The van der Waals surface area contributed by atoms with Gasteiger partial charge < -0.3 is 20.9 Å². The van der Waals surface area contributed by atoms with Crippen molar-refractivity contribution in [2.24, 2.45) is 0 Å². The second-order valence-corrected chi connectivity index (χ2v) is 10.9. The van der Waals surface area contributed by atoms with Gasteiger partial charge in [0.1, 0.15) is 5.82 Å². The van der Waals surface area contributed by atoms with Gasteiger partial charge in [-0.3, -0.25) is 9.78 Å². The van der Waals surface area contributed by atoms with Crippen molar-refractivity contribution in [3.63, 3.8) is 0 Å². The van der Waals surface area contributed by atoms with Crippen LogP contribution in [0.4, 0.5) is 22.9 Å². The highest BCUT2D eigenvalue weighted by atomic mass is 16.1. The number of anilines is 4. The Morgan fingerprint density at radius 1 is 1.08 bits per heavy atom. The van der Waals surface area contributed by atoms with Crippen LogP contribution in [0.3, 0.4) is 0 Å². The molecule has 1 aliphatic rings. The number of nitrogens with one attached hydrogen (secondary N) is 3. The first-order valence-corrected chi connectivity index (χ1v) is 12.8. The molecule has 3 aromatic rings.